The summed E-state index contributed by atoms with van der Waals surface area (Å²) in [5.41, 5.74) is -1.26. The second-order valence-electron chi connectivity index (χ2n) is 7.44. The maximum absolute atomic E-state index is 13.2. The molecular weight excluding hydrogens is 409 g/mol. The number of piperidine rings is 1. The molecule has 166 valence electrons. The number of nitrogens with zero attached hydrogens (tertiary/aromatic N) is 1. The number of alkyl halides is 3. The Morgan fingerprint density at radius 1 is 1.00 bits per heavy atom. The number of ether oxygens (including phenoxy) is 1. The van der Waals surface area contributed by atoms with Gasteiger partial charge in [-0.1, -0.05) is 30.3 Å². The van der Waals surface area contributed by atoms with Crippen molar-refractivity contribution in [2.24, 2.45) is 0 Å². The summed E-state index contributed by atoms with van der Waals surface area (Å²) in [5.74, 6) is 0.0339. The average Bonchev–Trinajstić information content (AvgIpc) is 2.77. The van der Waals surface area contributed by atoms with Gasteiger partial charge in [-0.2, -0.15) is 13.2 Å². The lowest BCUT2D eigenvalue weighted by atomic mass is 10.0. The van der Waals surface area contributed by atoms with Gasteiger partial charge in [-0.05, 0) is 43.5 Å². The van der Waals surface area contributed by atoms with Crippen molar-refractivity contribution in [3.05, 3.63) is 65.7 Å². The number of likely N-dealkylation sites (tertiary alicyclic amines) is 1. The van der Waals surface area contributed by atoms with E-state index in [-0.39, 0.29) is 17.5 Å². The van der Waals surface area contributed by atoms with Crippen LogP contribution in [0.1, 0.15) is 41.6 Å². The van der Waals surface area contributed by atoms with Crippen molar-refractivity contribution in [2.45, 2.75) is 37.9 Å². The molecule has 0 atom stereocenters. The number of carbonyl (C=O) groups is 2. The van der Waals surface area contributed by atoms with Gasteiger partial charge in [0, 0.05) is 25.6 Å². The van der Waals surface area contributed by atoms with Crippen LogP contribution < -0.4 is 10.1 Å². The molecule has 31 heavy (non-hydrogen) atoms. The molecule has 1 fully saturated rings. The van der Waals surface area contributed by atoms with Crippen LogP contribution in [0.25, 0.3) is 0 Å². The van der Waals surface area contributed by atoms with Crippen molar-refractivity contribution < 1.29 is 27.5 Å². The van der Waals surface area contributed by atoms with Gasteiger partial charge in [-0.15, -0.1) is 0 Å². The van der Waals surface area contributed by atoms with Crippen molar-refractivity contribution in [2.75, 3.05) is 19.7 Å². The van der Waals surface area contributed by atoms with Gasteiger partial charge in [0.05, 0.1) is 17.7 Å². The molecule has 1 saturated heterocycles. The maximum Gasteiger partial charge on any atom is 0.417 e. The largest absolute Gasteiger partial charge is 0.494 e. The number of rotatable bonds is 7. The fourth-order valence-corrected chi connectivity index (χ4v) is 3.55. The summed E-state index contributed by atoms with van der Waals surface area (Å²) in [7, 11) is 0. The molecule has 8 heteroatoms. The van der Waals surface area contributed by atoms with E-state index in [0.717, 1.165) is 11.8 Å². The molecule has 1 aliphatic heterocycles. The minimum absolute atomic E-state index is 0.0931. The van der Waals surface area contributed by atoms with Crippen LogP contribution in [0, 0.1) is 0 Å². The minimum atomic E-state index is -4.58. The lowest BCUT2D eigenvalue weighted by molar-refractivity contribution is -0.138. The molecule has 2 aromatic carbocycles. The standard InChI is InChI=1S/C23H25F3N2O3/c24-23(25,26)20-10-5-4-9-19(20)22(30)28-14-12-17(13-15-28)27-21(29)11-6-16-31-18-7-2-1-3-8-18/h1-5,7-10,17H,6,11-16H2,(H,27,29). The third kappa shape index (κ3) is 6.47. The lowest BCUT2D eigenvalue weighted by Gasteiger charge is -2.33. The van der Waals surface area contributed by atoms with E-state index >= 15 is 0 Å². The highest BCUT2D eigenvalue weighted by Crippen LogP contribution is 2.32. The summed E-state index contributed by atoms with van der Waals surface area (Å²) >= 11 is 0. The third-order valence-corrected chi connectivity index (χ3v) is 5.17. The van der Waals surface area contributed by atoms with E-state index in [1.165, 1.54) is 23.1 Å². The lowest BCUT2D eigenvalue weighted by Crippen LogP contribution is -2.46. The molecule has 1 N–H and O–H groups in total. The summed E-state index contributed by atoms with van der Waals surface area (Å²) in [6, 6.07) is 14.1. The molecule has 0 unspecified atom stereocenters. The van der Waals surface area contributed by atoms with Gasteiger partial charge >= 0.3 is 6.18 Å². The van der Waals surface area contributed by atoms with E-state index in [2.05, 4.69) is 5.32 Å². The van der Waals surface area contributed by atoms with Gasteiger partial charge in [0.15, 0.2) is 0 Å². The Morgan fingerprint density at radius 3 is 2.32 bits per heavy atom. The Morgan fingerprint density at radius 2 is 1.65 bits per heavy atom. The average molecular weight is 434 g/mol. The number of nitrogens with one attached hydrogen (secondary N) is 1. The molecule has 2 aromatic rings. The van der Waals surface area contributed by atoms with Gasteiger partial charge < -0.3 is 15.0 Å². The normalized spacial score (nSPS) is 14.9. The zero-order valence-electron chi connectivity index (χ0n) is 17.0. The Hall–Kier alpha value is -3.03. The van der Waals surface area contributed by atoms with Crippen molar-refractivity contribution in [3.8, 4) is 5.75 Å². The van der Waals surface area contributed by atoms with Crippen molar-refractivity contribution in [1.82, 2.24) is 10.2 Å². The minimum Gasteiger partial charge on any atom is -0.494 e. The third-order valence-electron chi connectivity index (χ3n) is 5.17. The Balaban J connectivity index is 1.41. The molecule has 0 aliphatic carbocycles. The summed E-state index contributed by atoms with van der Waals surface area (Å²) in [6.45, 7) is 1.03. The van der Waals surface area contributed by atoms with E-state index < -0.39 is 17.6 Å². The van der Waals surface area contributed by atoms with Gasteiger partial charge in [0.1, 0.15) is 5.75 Å². The maximum atomic E-state index is 13.2. The van der Waals surface area contributed by atoms with Crippen LogP contribution in [0.3, 0.4) is 0 Å². The van der Waals surface area contributed by atoms with Crippen LogP contribution in [0.15, 0.2) is 54.6 Å². The smallest absolute Gasteiger partial charge is 0.417 e. The highest BCUT2D eigenvalue weighted by Gasteiger charge is 2.36. The van der Waals surface area contributed by atoms with Crippen molar-refractivity contribution in [1.29, 1.82) is 0 Å². The topological polar surface area (TPSA) is 58.6 Å². The Labute approximate surface area is 179 Å². The van der Waals surface area contributed by atoms with Crippen LogP contribution in [-0.4, -0.2) is 42.5 Å². The zero-order chi connectivity index (χ0) is 22.3. The molecule has 1 aliphatic rings. The predicted octanol–water partition coefficient (Wildman–Crippen LogP) is 4.29. The summed E-state index contributed by atoms with van der Waals surface area (Å²) in [5, 5.41) is 2.94. The number of para-hydroxylation sites is 1. The number of amides is 2. The monoisotopic (exact) mass is 434 g/mol. The molecule has 3 rings (SSSR count). The molecule has 0 aromatic heterocycles. The van der Waals surface area contributed by atoms with Gasteiger partial charge in [0.25, 0.3) is 5.91 Å². The van der Waals surface area contributed by atoms with E-state index in [0.29, 0.717) is 45.4 Å². The number of halogens is 3. The van der Waals surface area contributed by atoms with Crippen LogP contribution in [-0.2, 0) is 11.0 Å². The van der Waals surface area contributed by atoms with Gasteiger partial charge in [-0.25, -0.2) is 0 Å². The van der Waals surface area contributed by atoms with Crippen LogP contribution >= 0.6 is 0 Å². The first-order valence-corrected chi connectivity index (χ1v) is 10.3. The SMILES string of the molecule is O=C(CCCOc1ccccc1)NC1CCN(C(=O)c2ccccc2C(F)(F)F)CC1. The van der Waals surface area contributed by atoms with E-state index in [9.17, 15) is 22.8 Å². The number of hydrogen-bond acceptors (Lipinski definition) is 3. The van der Waals surface area contributed by atoms with Crippen LogP contribution in [0.4, 0.5) is 13.2 Å². The summed E-state index contributed by atoms with van der Waals surface area (Å²) < 4.78 is 45.1. The predicted molar refractivity (Wildman–Crippen MR) is 110 cm³/mol. The Bertz CT molecular complexity index is 879. The second kappa shape index (κ2) is 10.3. The van der Waals surface area contributed by atoms with Gasteiger partial charge in [0.2, 0.25) is 5.91 Å². The molecular formula is C23H25F3N2O3. The first kappa shape index (κ1) is 22.7. The first-order valence-electron chi connectivity index (χ1n) is 10.3. The van der Waals surface area contributed by atoms with Crippen LogP contribution in [0.2, 0.25) is 0 Å². The molecule has 0 saturated carbocycles. The Kier molecular flexibility index (Phi) is 7.55. The summed E-state index contributed by atoms with van der Waals surface area (Å²) in [6.07, 6.45) is -2.67. The number of hydrogen-bond donors (Lipinski definition) is 1. The molecule has 1 heterocycles. The van der Waals surface area contributed by atoms with E-state index in [4.69, 9.17) is 4.74 Å². The molecule has 2 amide bonds. The molecule has 5 nitrogen and oxygen atoms in total. The quantitative estimate of drug-likeness (QED) is 0.662. The highest BCUT2D eigenvalue weighted by atomic mass is 19.4. The number of carbonyl (C=O) groups excluding carboxylic acids is 2. The molecule has 0 spiro atoms. The second-order valence-corrected chi connectivity index (χ2v) is 7.44. The fourth-order valence-electron chi connectivity index (χ4n) is 3.55. The van der Waals surface area contributed by atoms with Gasteiger partial charge in [-0.3, -0.25) is 9.59 Å². The van der Waals surface area contributed by atoms with E-state index in [1.807, 2.05) is 30.3 Å². The fraction of sp³-hybridized carbons (Fsp3) is 0.391. The first-order chi connectivity index (χ1) is 14.8. The van der Waals surface area contributed by atoms with Crippen LogP contribution in [0.5, 0.6) is 5.75 Å². The molecule has 0 bridgehead atoms. The highest BCUT2D eigenvalue weighted by molar-refractivity contribution is 5.96. The zero-order valence-corrected chi connectivity index (χ0v) is 17.0. The van der Waals surface area contributed by atoms with Crippen molar-refractivity contribution in [3.63, 3.8) is 0 Å². The van der Waals surface area contributed by atoms with E-state index in [1.54, 1.807) is 0 Å². The van der Waals surface area contributed by atoms with Crippen molar-refractivity contribution >= 4 is 11.8 Å². The summed E-state index contributed by atoms with van der Waals surface area (Å²) in [4.78, 5) is 26.2. The molecule has 0 radical (unpaired) electrons. The number of benzene rings is 2.